The van der Waals surface area contributed by atoms with Crippen molar-refractivity contribution < 1.29 is 4.79 Å². The number of rotatable bonds is 0. The largest absolute Gasteiger partial charge is 0.319 e. The van der Waals surface area contributed by atoms with Crippen molar-refractivity contribution in [1.29, 1.82) is 0 Å². The van der Waals surface area contributed by atoms with Gasteiger partial charge in [-0.25, -0.2) is 0 Å². The summed E-state index contributed by atoms with van der Waals surface area (Å²) in [6, 6.07) is -0.273. The third-order valence-electron chi connectivity index (χ3n) is 0.772. The molecule has 1 saturated heterocycles. The molecule has 4 heteroatoms. The molecule has 0 aromatic rings. The fourth-order valence-corrected chi connectivity index (χ4v) is 1.06. The van der Waals surface area contributed by atoms with Gasteiger partial charge in [0.05, 0.1) is 6.04 Å². The van der Waals surface area contributed by atoms with Gasteiger partial charge in [-0.3, -0.25) is 9.52 Å². The number of hydrogen-bond acceptors (Lipinski definition) is 3. The van der Waals surface area contributed by atoms with Gasteiger partial charge in [-0.15, -0.1) is 0 Å². The number of carbonyl (C=O) groups excluding carboxylic acids is 1. The van der Waals surface area contributed by atoms with Crippen molar-refractivity contribution in [3.63, 3.8) is 0 Å². The summed E-state index contributed by atoms with van der Waals surface area (Å²) in [4.78, 5) is 10.3. The Morgan fingerprint density at radius 3 is 2.86 bits per heavy atom. The van der Waals surface area contributed by atoms with E-state index >= 15 is 0 Å². The topological polar surface area (TPSA) is 55.1 Å². The smallest absolute Gasteiger partial charge is 0.247 e. The highest BCUT2D eigenvalue weighted by Gasteiger charge is 2.19. The number of nitrogens with one attached hydrogen (secondary N) is 1. The fraction of sp³-hybridized carbons (Fsp3) is 0.667. The summed E-state index contributed by atoms with van der Waals surface area (Å²) in [7, 11) is 0. The second-order valence-electron chi connectivity index (χ2n) is 1.38. The third-order valence-corrected chi connectivity index (χ3v) is 1.64. The van der Waals surface area contributed by atoms with Gasteiger partial charge in [0, 0.05) is 5.75 Å². The van der Waals surface area contributed by atoms with Gasteiger partial charge in [0.15, 0.2) is 0 Å². The van der Waals surface area contributed by atoms with E-state index in [1.807, 2.05) is 0 Å². The van der Waals surface area contributed by atoms with E-state index in [2.05, 4.69) is 4.72 Å². The minimum Gasteiger partial charge on any atom is -0.319 e. The van der Waals surface area contributed by atoms with Gasteiger partial charge in [-0.2, -0.15) is 0 Å². The summed E-state index contributed by atoms with van der Waals surface area (Å²) in [5.74, 6) is 0.656. The van der Waals surface area contributed by atoms with Crippen LogP contribution in [0, 0.1) is 0 Å². The summed E-state index contributed by atoms with van der Waals surface area (Å²) >= 11 is 1.37. The van der Waals surface area contributed by atoms with E-state index in [-0.39, 0.29) is 11.9 Å². The van der Waals surface area contributed by atoms with Gasteiger partial charge < -0.3 is 5.73 Å². The first-order valence-corrected chi connectivity index (χ1v) is 2.96. The molecule has 1 fully saturated rings. The van der Waals surface area contributed by atoms with E-state index in [9.17, 15) is 4.79 Å². The number of hydrogen-bond donors (Lipinski definition) is 2. The number of amides is 1. The van der Waals surface area contributed by atoms with Crippen LogP contribution >= 0.6 is 11.9 Å². The highest BCUT2D eigenvalue weighted by molar-refractivity contribution is 7.98. The van der Waals surface area contributed by atoms with Crippen LogP contribution in [-0.2, 0) is 4.79 Å². The summed E-state index contributed by atoms with van der Waals surface area (Å²) < 4.78 is 2.52. The molecule has 1 unspecified atom stereocenters. The molecule has 1 amide bonds. The minimum absolute atomic E-state index is 0.0509. The van der Waals surface area contributed by atoms with Crippen LogP contribution in [0.15, 0.2) is 0 Å². The monoisotopic (exact) mass is 118 g/mol. The Labute approximate surface area is 45.8 Å². The lowest BCUT2D eigenvalue weighted by atomic mass is 10.4. The Morgan fingerprint density at radius 1 is 2.00 bits per heavy atom. The van der Waals surface area contributed by atoms with Gasteiger partial charge in [-0.1, -0.05) is 0 Å². The van der Waals surface area contributed by atoms with Gasteiger partial charge in [0.1, 0.15) is 0 Å². The predicted molar refractivity (Wildman–Crippen MR) is 28.6 cm³/mol. The van der Waals surface area contributed by atoms with Crippen LogP contribution in [0.5, 0.6) is 0 Å². The molecule has 0 aromatic carbocycles. The molecular formula is C3H6N2OS. The SMILES string of the molecule is NC1CSNC1=O. The molecule has 1 aliphatic rings. The molecule has 0 radical (unpaired) electrons. The third kappa shape index (κ3) is 0.863. The van der Waals surface area contributed by atoms with Crippen LogP contribution in [0.3, 0.4) is 0 Å². The average Bonchev–Trinajstić information content (AvgIpc) is 1.91. The van der Waals surface area contributed by atoms with Crippen LogP contribution in [0.25, 0.3) is 0 Å². The van der Waals surface area contributed by atoms with Crippen molar-refractivity contribution in [1.82, 2.24) is 4.72 Å². The first-order valence-electron chi connectivity index (χ1n) is 1.98. The van der Waals surface area contributed by atoms with Crippen LogP contribution < -0.4 is 10.5 Å². The van der Waals surface area contributed by atoms with Crippen molar-refractivity contribution in [3.8, 4) is 0 Å². The Hall–Kier alpha value is -0.220. The van der Waals surface area contributed by atoms with Crippen LogP contribution in [0.2, 0.25) is 0 Å². The predicted octanol–water partition coefficient (Wildman–Crippen LogP) is -0.908. The lowest BCUT2D eigenvalue weighted by molar-refractivity contribution is -0.119. The van der Waals surface area contributed by atoms with E-state index < -0.39 is 0 Å². The van der Waals surface area contributed by atoms with Crippen molar-refractivity contribution in [2.24, 2.45) is 5.73 Å². The summed E-state index contributed by atoms with van der Waals surface area (Å²) in [6.45, 7) is 0. The zero-order valence-corrected chi connectivity index (χ0v) is 4.49. The molecule has 0 bridgehead atoms. The highest BCUT2D eigenvalue weighted by atomic mass is 32.2. The summed E-state index contributed by atoms with van der Waals surface area (Å²) in [6.07, 6.45) is 0. The summed E-state index contributed by atoms with van der Waals surface area (Å²) in [5, 5.41) is 0. The Bertz CT molecular complexity index is 94.9. The first-order chi connectivity index (χ1) is 3.30. The Balaban J connectivity index is 2.48. The number of carbonyl (C=O) groups is 1. The molecule has 1 heterocycles. The molecule has 0 aromatic heterocycles. The lowest BCUT2D eigenvalue weighted by Crippen LogP contribution is -2.31. The molecule has 0 spiro atoms. The van der Waals surface area contributed by atoms with E-state index in [0.29, 0.717) is 5.75 Å². The van der Waals surface area contributed by atoms with Crippen molar-refractivity contribution >= 4 is 17.9 Å². The van der Waals surface area contributed by atoms with Gasteiger partial charge in [-0.05, 0) is 11.9 Å². The van der Waals surface area contributed by atoms with E-state index in [1.165, 1.54) is 11.9 Å². The van der Waals surface area contributed by atoms with Gasteiger partial charge in [0.25, 0.3) is 0 Å². The van der Waals surface area contributed by atoms with Gasteiger partial charge in [0.2, 0.25) is 5.91 Å². The number of nitrogens with two attached hydrogens (primary N) is 1. The lowest BCUT2D eigenvalue weighted by Gasteiger charge is -1.89. The first kappa shape index (κ1) is 4.93. The fourth-order valence-electron chi connectivity index (χ4n) is 0.354. The second kappa shape index (κ2) is 1.71. The second-order valence-corrected chi connectivity index (χ2v) is 2.21. The Kier molecular flexibility index (Phi) is 1.21. The van der Waals surface area contributed by atoms with Crippen molar-refractivity contribution in [2.75, 3.05) is 5.75 Å². The standard InChI is InChI=1S/C3H6N2OS/c4-2-1-7-5-3(2)6/h2H,1,4H2,(H,5,6). The molecule has 3 N–H and O–H groups in total. The zero-order valence-electron chi connectivity index (χ0n) is 3.68. The zero-order chi connectivity index (χ0) is 5.28. The molecule has 40 valence electrons. The molecule has 1 rings (SSSR count). The van der Waals surface area contributed by atoms with Crippen LogP contribution in [0.4, 0.5) is 0 Å². The maximum Gasteiger partial charge on any atom is 0.247 e. The molecule has 0 aliphatic carbocycles. The van der Waals surface area contributed by atoms with Gasteiger partial charge >= 0.3 is 0 Å². The van der Waals surface area contributed by atoms with E-state index in [4.69, 9.17) is 5.73 Å². The van der Waals surface area contributed by atoms with E-state index in [0.717, 1.165) is 0 Å². The average molecular weight is 118 g/mol. The summed E-state index contributed by atoms with van der Waals surface area (Å²) in [5.41, 5.74) is 5.25. The maximum atomic E-state index is 10.3. The van der Waals surface area contributed by atoms with Crippen LogP contribution in [-0.4, -0.2) is 17.7 Å². The molecule has 3 nitrogen and oxygen atoms in total. The molecule has 1 aliphatic heterocycles. The normalized spacial score (nSPS) is 30.4. The Morgan fingerprint density at radius 2 is 2.71 bits per heavy atom. The quantitative estimate of drug-likeness (QED) is 0.405. The highest BCUT2D eigenvalue weighted by Crippen LogP contribution is 2.04. The minimum atomic E-state index is -0.273. The molecule has 1 atom stereocenters. The maximum absolute atomic E-state index is 10.3. The van der Waals surface area contributed by atoms with E-state index in [1.54, 1.807) is 0 Å². The molecule has 7 heavy (non-hydrogen) atoms. The molecular weight excluding hydrogens is 112 g/mol. The molecule has 0 saturated carbocycles. The van der Waals surface area contributed by atoms with Crippen molar-refractivity contribution in [2.45, 2.75) is 6.04 Å². The van der Waals surface area contributed by atoms with Crippen LogP contribution in [0.1, 0.15) is 0 Å². The van der Waals surface area contributed by atoms with Crippen molar-refractivity contribution in [3.05, 3.63) is 0 Å².